The van der Waals surface area contributed by atoms with E-state index < -0.39 is 18.5 Å². The third-order valence-corrected chi connectivity index (χ3v) is 3.89. The topological polar surface area (TPSA) is 81.4 Å². The van der Waals surface area contributed by atoms with E-state index in [0.29, 0.717) is 10.7 Å². The second kappa shape index (κ2) is 7.46. The summed E-state index contributed by atoms with van der Waals surface area (Å²) in [6, 6.07) is 11.7. The van der Waals surface area contributed by atoms with Crippen molar-refractivity contribution in [2.45, 2.75) is 0 Å². The fraction of sp³-hybridized carbons (Fsp3) is 0.0667. The summed E-state index contributed by atoms with van der Waals surface area (Å²) in [5.41, 5.74) is 6.72. The molecule has 0 unspecified atom stereocenters. The van der Waals surface area contributed by atoms with Crippen molar-refractivity contribution >= 4 is 57.4 Å². The van der Waals surface area contributed by atoms with Crippen molar-refractivity contribution in [3.05, 3.63) is 56.6 Å². The molecule has 0 heterocycles. The summed E-state index contributed by atoms with van der Waals surface area (Å²) in [5, 5.41) is 3.09. The van der Waals surface area contributed by atoms with Crippen LogP contribution in [0.3, 0.4) is 0 Å². The standard InChI is InChI=1S/C15H12ClIN2O3/c16-9-5-6-10(12(18)7-9)15(21)22-8-14(20)19-13-4-2-1-3-11(13)17/h1-7H,8,18H2,(H,19,20). The quantitative estimate of drug-likeness (QED) is 0.443. The number of carbonyl (C=O) groups excluding carboxylic acids is 2. The molecule has 2 rings (SSSR count). The van der Waals surface area contributed by atoms with E-state index in [-0.39, 0.29) is 11.3 Å². The number of hydrogen-bond acceptors (Lipinski definition) is 4. The van der Waals surface area contributed by atoms with Crippen LogP contribution in [0.5, 0.6) is 0 Å². The lowest BCUT2D eigenvalue weighted by Gasteiger charge is -2.09. The third-order valence-electron chi connectivity index (χ3n) is 2.72. The lowest BCUT2D eigenvalue weighted by atomic mass is 10.2. The third kappa shape index (κ3) is 4.35. The molecule has 0 fully saturated rings. The number of amides is 1. The first-order chi connectivity index (χ1) is 10.5. The number of ether oxygens (including phenoxy) is 1. The van der Waals surface area contributed by atoms with Crippen molar-refractivity contribution in [2.75, 3.05) is 17.7 Å². The fourth-order valence-corrected chi connectivity index (χ4v) is 2.38. The van der Waals surface area contributed by atoms with Gasteiger partial charge in [-0.05, 0) is 52.9 Å². The summed E-state index contributed by atoms with van der Waals surface area (Å²) in [4.78, 5) is 23.7. The maximum atomic E-state index is 11.9. The number of anilines is 2. The number of carbonyl (C=O) groups is 2. The second-order valence-corrected chi connectivity index (χ2v) is 5.93. The van der Waals surface area contributed by atoms with Crippen LogP contribution >= 0.6 is 34.2 Å². The molecule has 7 heteroatoms. The SMILES string of the molecule is Nc1cc(Cl)ccc1C(=O)OCC(=O)Nc1ccccc1I. The summed E-state index contributed by atoms with van der Waals surface area (Å²) < 4.78 is 5.84. The normalized spacial score (nSPS) is 10.1. The number of nitrogen functional groups attached to an aromatic ring is 1. The molecule has 0 saturated heterocycles. The van der Waals surface area contributed by atoms with Gasteiger partial charge in [-0.3, -0.25) is 4.79 Å². The van der Waals surface area contributed by atoms with E-state index in [0.717, 1.165) is 3.57 Å². The van der Waals surface area contributed by atoms with Crippen LogP contribution in [0.25, 0.3) is 0 Å². The molecule has 2 aromatic carbocycles. The van der Waals surface area contributed by atoms with Gasteiger partial charge in [-0.1, -0.05) is 23.7 Å². The maximum Gasteiger partial charge on any atom is 0.340 e. The van der Waals surface area contributed by atoms with E-state index in [1.165, 1.54) is 18.2 Å². The first-order valence-electron chi connectivity index (χ1n) is 6.24. The largest absolute Gasteiger partial charge is 0.452 e. The van der Waals surface area contributed by atoms with E-state index >= 15 is 0 Å². The molecular formula is C15H12ClIN2O3. The summed E-state index contributed by atoms with van der Waals surface area (Å²) in [7, 11) is 0. The molecule has 0 atom stereocenters. The van der Waals surface area contributed by atoms with Gasteiger partial charge in [-0.25, -0.2) is 4.79 Å². The first-order valence-corrected chi connectivity index (χ1v) is 7.69. The van der Waals surface area contributed by atoms with Gasteiger partial charge >= 0.3 is 5.97 Å². The minimum absolute atomic E-state index is 0.173. The predicted octanol–water partition coefficient (Wildman–Crippen LogP) is 3.32. The molecule has 0 aliphatic heterocycles. The van der Waals surface area contributed by atoms with Gasteiger partial charge in [-0.15, -0.1) is 0 Å². The number of rotatable bonds is 4. The average Bonchev–Trinajstić information content (AvgIpc) is 2.47. The molecule has 114 valence electrons. The minimum Gasteiger partial charge on any atom is -0.452 e. The van der Waals surface area contributed by atoms with Gasteiger partial charge in [0, 0.05) is 14.3 Å². The van der Waals surface area contributed by atoms with E-state index in [1.807, 2.05) is 12.1 Å². The van der Waals surface area contributed by atoms with E-state index in [4.69, 9.17) is 22.1 Å². The highest BCUT2D eigenvalue weighted by atomic mass is 127. The van der Waals surface area contributed by atoms with Gasteiger partial charge in [0.2, 0.25) is 0 Å². The Labute approximate surface area is 145 Å². The van der Waals surface area contributed by atoms with Crippen molar-refractivity contribution in [3.63, 3.8) is 0 Å². The lowest BCUT2D eigenvalue weighted by Crippen LogP contribution is -2.21. The Morgan fingerprint density at radius 1 is 1.23 bits per heavy atom. The average molecular weight is 431 g/mol. The second-order valence-electron chi connectivity index (χ2n) is 4.34. The van der Waals surface area contributed by atoms with E-state index in [9.17, 15) is 9.59 Å². The molecule has 0 aromatic heterocycles. The van der Waals surface area contributed by atoms with Crippen molar-refractivity contribution in [1.29, 1.82) is 0 Å². The molecule has 0 radical (unpaired) electrons. The maximum absolute atomic E-state index is 11.9. The van der Waals surface area contributed by atoms with Gasteiger partial charge < -0.3 is 15.8 Å². The van der Waals surface area contributed by atoms with Crippen LogP contribution in [0.1, 0.15) is 10.4 Å². The minimum atomic E-state index is -0.674. The molecule has 3 N–H and O–H groups in total. The van der Waals surface area contributed by atoms with Gasteiger partial charge in [-0.2, -0.15) is 0 Å². The zero-order chi connectivity index (χ0) is 16.1. The predicted molar refractivity (Wildman–Crippen MR) is 93.9 cm³/mol. The molecule has 0 saturated carbocycles. The summed E-state index contributed by atoms with van der Waals surface area (Å²) >= 11 is 7.86. The number of benzene rings is 2. The van der Waals surface area contributed by atoms with Crippen LogP contribution < -0.4 is 11.1 Å². The Morgan fingerprint density at radius 2 is 1.95 bits per heavy atom. The highest BCUT2D eigenvalue weighted by Gasteiger charge is 2.14. The van der Waals surface area contributed by atoms with Gasteiger partial charge in [0.1, 0.15) is 0 Å². The van der Waals surface area contributed by atoms with Crippen molar-refractivity contribution < 1.29 is 14.3 Å². The Bertz CT molecular complexity index is 722. The Kier molecular flexibility index (Phi) is 5.62. The Hall–Kier alpha value is -1.80. The molecule has 0 aliphatic rings. The fourth-order valence-electron chi connectivity index (χ4n) is 1.68. The van der Waals surface area contributed by atoms with Crippen LogP contribution in [-0.4, -0.2) is 18.5 Å². The van der Waals surface area contributed by atoms with E-state index in [2.05, 4.69) is 27.9 Å². The molecule has 0 spiro atoms. The number of hydrogen-bond donors (Lipinski definition) is 2. The molecule has 5 nitrogen and oxygen atoms in total. The molecule has 0 bridgehead atoms. The number of para-hydroxylation sites is 1. The van der Waals surface area contributed by atoms with Crippen molar-refractivity contribution in [3.8, 4) is 0 Å². The van der Waals surface area contributed by atoms with Crippen LogP contribution in [0.4, 0.5) is 11.4 Å². The van der Waals surface area contributed by atoms with Crippen LogP contribution in [0, 0.1) is 3.57 Å². The summed E-state index contributed by atoms with van der Waals surface area (Å²) in [6.07, 6.45) is 0. The smallest absolute Gasteiger partial charge is 0.340 e. The van der Waals surface area contributed by atoms with E-state index in [1.54, 1.807) is 12.1 Å². The Balaban J connectivity index is 1.93. The molecule has 0 aliphatic carbocycles. The first kappa shape index (κ1) is 16.6. The number of nitrogens with two attached hydrogens (primary N) is 1. The highest BCUT2D eigenvalue weighted by Crippen LogP contribution is 2.19. The zero-order valence-corrected chi connectivity index (χ0v) is 14.2. The zero-order valence-electron chi connectivity index (χ0n) is 11.3. The summed E-state index contributed by atoms with van der Waals surface area (Å²) in [5.74, 6) is -1.10. The van der Waals surface area contributed by atoms with Crippen LogP contribution in [-0.2, 0) is 9.53 Å². The van der Waals surface area contributed by atoms with Gasteiger partial charge in [0.15, 0.2) is 6.61 Å². The van der Waals surface area contributed by atoms with Gasteiger partial charge in [0.05, 0.1) is 11.3 Å². The number of nitrogens with one attached hydrogen (secondary N) is 1. The van der Waals surface area contributed by atoms with Crippen LogP contribution in [0.15, 0.2) is 42.5 Å². The lowest BCUT2D eigenvalue weighted by molar-refractivity contribution is -0.119. The van der Waals surface area contributed by atoms with Crippen LogP contribution in [0.2, 0.25) is 5.02 Å². The molecular weight excluding hydrogens is 419 g/mol. The molecule has 1 amide bonds. The van der Waals surface area contributed by atoms with Crippen molar-refractivity contribution in [2.24, 2.45) is 0 Å². The number of halogens is 2. The highest BCUT2D eigenvalue weighted by molar-refractivity contribution is 14.1. The molecule has 2 aromatic rings. The van der Waals surface area contributed by atoms with Crippen molar-refractivity contribution in [1.82, 2.24) is 0 Å². The molecule has 22 heavy (non-hydrogen) atoms. The summed E-state index contributed by atoms with van der Waals surface area (Å²) in [6.45, 7) is -0.397. The van der Waals surface area contributed by atoms with Gasteiger partial charge in [0.25, 0.3) is 5.91 Å². The monoisotopic (exact) mass is 430 g/mol. The Morgan fingerprint density at radius 3 is 2.64 bits per heavy atom. The number of esters is 1.